The van der Waals surface area contributed by atoms with Gasteiger partial charge >= 0.3 is 0 Å². The van der Waals surface area contributed by atoms with Crippen molar-refractivity contribution in [2.75, 3.05) is 11.9 Å². The van der Waals surface area contributed by atoms with E-state index in [4.69, 9.17) is 4.42 Å². The van der Waals surface area contributed by atoms with Crippen molar-refractivity contribution in [3.8, 4) is 0 Å². The number of aryl methyl sites for hydroxylation is 1. The lowest BCUT2D eigenvalue weighted by Crippen LogP contribution is -2.17. The maximum Gasteiger partial charge on any atom is 0.169 e. The van der Waals surface area contributed by atoms with E-state index in [1.54, 1.807) is 0 Å². The van der Waals surface area contributed by atoms with Gasteiger partial charge in [0.15, 0.2) is 4.67 Å². The average Bonchev–Trinajstić information content (AvgIpc) is 2.75. The molecule has 0 fully saturated rings. The van der Waals surface area contributed by atoms with Crippen LogP contribution in [0.25, 0.3) is 0 Å². The Labute approximate surface area is 109 Å². The van der Waals surface area contributed by atoms with Gasteiger partial charge in [0, 0.05) is 18.2 Å². The summed E-state index contributed by atoms with van der Waals surface area (Å²) < 4.78 is 6.51. The normalized spacial score (nSPS) is 18.6. The van der Waals surface area contributed by atoms with E-state index in [9.17, 15) is 0 Å². The molecule has 0 saturated heterocycles. The second-order valence-corrected chi connectivity index (χ2v) is 5.28. The third kappa shape index (κ3) is 2.00. The Morgan fingerprint density at radius 1 is 1.29 bits per heavy atom. The minimum absolute atomic E-state index is 0.373. The molecule has 3 rings (SSSR count). The van der Waals surface area contributed by atoms with Gasteiger partial charge in [-0.05, 0) is 53.0 Å². The average molecular weight is 292 g/mol. The van der Waals surface area contributed by atoms with Gasteiger partial charge in [0.2, 0.25) is 0 Å². The number of nitrogens with one attached hydrogen (secondary N) is 1. The van der Waals surface area contributed by atoms with Crippen LogP contribution in [0, 0.1) is 6.92 Å². The molecule has 1 atom stereocenters. The molecule has 1 N–H and O–H groups in total. The Hall–Kier alpha value is -1.22. The molecule has 0 amide bonds. The smallest absolute Gasteiger partial charge is 0.169 e. The largest absolute Gasteiger partial charge is 0.454 e. The van der Waals surface area contributed by atoms with Crippen LogP contribution in [-0.2, 0) is 0 Å². The van der Waals surface area contributed by atoms with Crippen LogP contribution in [0.1, 0.15) is 29.2 Å². The molecule has 1 unspecified atom stereocenters. The van der Waals surface area contributed by atoms with E-state index in [0.29, 0.717) is 5.92 Å². The molecule has 1 aliphatic heterocycles. The summed E-state index contributed by atoms with van der Waals surface area (Å²) in [6.07, 6.45) is 1.08. The van der Waals surface area contributed by atoms with E-state index in [-0.39, 0.29) is 0 Å². The monoisotopic (exact) mass is 291 g/mol. The zero-order chi connectivity index (χ0) is 11.8. The SMILES string of the molecule is Cc1ccc2c(c1)C(c1ccc(Br)o1)CCN2. The quantitative estimate of drug-likeness (QED) is 0.847. The lowest BCUT2D eigenvalue weighted by molar-refractivity contribution is 0.457. The first-order valence-electron chi connectivity index (χ1n) is 5.84. The van der Waals surface area contributed by atoms with Gasteiger partial charge in [-0.2, -0.15) is 0 Å². The Morgan fingerprint density at radius 2 is 2.18 bits per heavy atom. The maximum absolute atomic E-state index is 5.71. The standard InChI is InChI=1S/C14H14BrNO/c1-9-2-3-12-11(8-9)10(6-7-16-12)13-4-5-14(15)17-13/h2-5,8,10,16H,6-7H2,1H3. The van der Waals surface area contributed by atoms with E-state index in [2.05, 4.69) is 52.4 Å². The fourth-order valence-corrected chi connectivity index (χ4v) is 2.77. The Balaban J connectivity index is 2.07. The molecule has 0 saturated carbocycles. The molecule has 2 nitrogen and oxygen atoms in total. The lowest BCUT2D eigenvalue weighted by atomic mass is 9.88. The topological polar surface area (TPSA) is 25.2 Å². The summed E-state index contributed by atoms with van der Waals surface area (Å²) >= 11 is 3.37. The Kier molecular flexibility index (Phi) is 2.71. The van der Waals surface area contributed by atoms with Crippen LogP contribution in [-0.4, -0.2) is 6.54 Å². The van der Waals surface area contributed by atoms with Gasteiger partial charge in [0.05, 0.1) is 0 Å². The van der Waals surface area contributed by atoms with Gasteiger partial charge in [-0.1, -0.05) is 17.7 Å². The number of furan rings is 1. The third-order valence-electron chi connectivity index (χ3n) is 3.27. The molecule has 0 bridgehead atoms. The summed E-state index contributed by atoms with van der Waals surface area (Å²) in [7, 11) is 0. The highest BCUT2D eigenvalue weighted by Gasteiger charge is 2.24. The molecule has 2 heterocycles. The van der Waals surface area contributed by atoms with E-state index in [1.807, 2.05) is 6.07 Å². The molecule has 1 aliphatic rings. The molecule has 0 spiro atoms. The Morgan fingerprint density at radius 3 is 2.94 bits per heavy atom. The fraction of sp³-hybridized carbons (Fsp3) is 0.286. The summed E-state index contributed by atoms with van der Waals surface area (Å²) in [4.78, 5) is 0. The molecular formula is C14H14BrNO. The number of fused-ring (bicyclic) bond motifs is 1. The number of anilines is 1. The molecule has 88 valence electrons. The molecule has 1 aromatic carbocycles. The highest BCUT2D eigenvalue weighted by molar-refractivity contribution is 9.10. The summed E-state index contributed by atoms with van der Waals surface area (Å²) in [6, 6.07) is 10.6. The number of halogens is 1. The summed E-state index contributed by atoms with van der Waals surface area (Å²) in [5, 5.41) is 3.44. The van der Waals surface area contributed by atoms with Crippen molar-refractivity contribution in [1.29, 1.82) is 0 Å². The molecule has 2 aromatic rings. The van der Waals surface area contributed by atoms with Crippen molar-refractivity contribution in [3.05, 3.63) is 51.9 Å². The van der Waals surface area contributed by atoms with Crippen LogP contribution in [0.3, 0.4) is 0 Å². The fourth-order valence-electron chi connectivity index (χ4n) is 2.45. The van der Waals surface area contributed by atoms with Crippen LogP contribution in [0.5, 0.6) is 0 Å². The van der Waals surface area contributed by atoms with Crippen LogP contribution in [0.15, 0.2) is 39.4 Å². The molecule has 17 heavy (non-hydrogen) atoms. The minimum atomic E-state index is 0.373. The van der Waals surface area contributed by atoms with Crippen LogP contribution < -0.4 is 5.32 Å². The van der Waals surface area contributed by atoms with Crippen molar-refractivity contribution >= 4 is 21.6 Å². The van der Waals surface area contributed by atoms with Crippen molar-refractivity contribution in [1.82, 2.24) is 0 Å². The highest BCUT2D eigenvalue weighted by atomic mass is 79.9. The van der Waals surface area contributed by atoms with Gasteiger partial charge in [-0.3, -0.25) is 0 Å². The predicted molar refractivity (Wildman–Crippen MR) is 72.5 cm³/mol. The van der Waals surface area contributed by atoms with Gasteiger partial charge in [0.25, 0.3) is 0 Å². The van der Waals surface area contributed by atoms with E-state index >= 15 is 0 Å². The Bertz CT molecular complexity index is 547. The number of hydrogen-bond acceptors (Lipinski definition) is 2. The van der Waals surface area contributed by atoms with E-state index in [1.165, 1.54) is 16.8 Å². The van der Waals surface area contributed by atoms with Gasteiger partial charge in [0.1, 0.15) is 5.76 Å². The first-order chi connectivity index (χ1) is 8.24. The summed E-state index contributed by atoms with van der Waals surface area (Å²) in [5.74, 6) is 1.42. The zero-order valence-electron chi connectivity index (χ0n) is 9.66. The van der Waals surface area contributed by atoms with Gasteiger partial charge < -0.3 is 9.73 Å². The van der Waals surface area contributed by atoms with Gasteiger partial charge in [-0.15, -0.1) is 0 Å². The van der Waals surface area contributed by atoms with Gasteiger partial charge in [-0.25, -0.2) is 0 Å². The van der Waals surface area contributed by atoms with Crippen molar-refractivity contribution in [2.45, 2.75) is 19.3 Å². The predicted octanol–water partition coefficient (Wildman–Crippen LogP) is 4.30. The maximum atomic E-state index is 5.71. The van der Waals surface area contributed by atoms with E-state index < -0.39 is 0 Å². The number of hydrogen-bond donors (Lipinski definition) is 1. The molecule has 1 aromatic heterocycles. The number of rotatable bonds is 1. The molecular weight excluding hydrogens is 278 g/mol. The lowest BCUT2D eigenvalue weighted by Gasteiger charge is -2.25. The first-order valence-corrected chi connectivity index (χ1v) is 6.63. The van der Waals surface area contributed by atoms with E-state index in [0.717, 1.165) is 23.4 Å². The second-order valence-electron chi connectivity index (χ2n) is 4.50. The second kappa shape index (κ2) is 4.22. The highest BCUT2D eigenvalue weighted by Crippen LogP contribution is 2.38. The van der Waals surface area contributed by atoms with Crippen molar-refractivity contribution in [3.63, 3.8) is 0 Å². The first kappa shape index (κ1) is 10.9. The zero-order valence-corrected chi connectivity index (χ0v) is 11.3. The van der Waals surface area contributed by atoms with Crippen molar-refractivity contribution in [2.24, 2.45) is 0 Å². The minimum Gasteiger partial charge on any atom is -0.454 e. The molecule has 0 radical (unpaired) electrons. The molecule has 3 heteroatoms. The summed E-state index contributed by atoms with van der Waals surface area (Å²) in [6.45, 7) is 3.13. The van der Waals surface area contributed by atoms with Crippen LogP contribution >= 0.6 is 15.9 Å². The molecule has 0 aliphatic carbocycles. The number of benzene rings is 1. The van der Waals surface area contributed by atoms with Crippen molar-refractivity contribution < 1.29 is 4.42 Å². The summed E-state index contributed by atoms with van der Waals surface area (Å²) in [5.41, 5.74) is 3.88. The van der Waals surface area contributed by atoms with Crippen LogP contribution in [0.4, 0.5) is 5.69 Å². The third-order valence-corrected chi connectivity index (χ3v) is 3.69. The van der Waals surface area contributed by atoms with Crippen LogP contribution in [0.2, 0.25) is 0 Å².